The average molecular weight is 315 g/mol. The van der Waals surface area contributed by atoms with Crippen LogP contribution in [0.15, 0.2) is 47.1 Å². The zero-order valence-electron chi connectivity index (χ0n) is 14.1. The van der Waals surface area contributed by atoms with Crippen molar-refractivity contribution < 1.29 is 13.9 Å². The summed E-state index contributed by atoms with van der Waals surface area (Å²) in [6.07, 6.45) is 2.73. The molecule has 0 unspecified atom stereocenters. The molecule has 0 aliphatic rings. The van der Waals surface area contributed by atoms with E-state index < -0.39 is 0 Å². The van der Waals surface area contributed by atoms with E-state index in [1.54, 1.807) is 12.3 Å². The van der Waals surface area contributed by atoms with Crippen LogP contribution in [0.2, 0.25) is 0 Å². The molecule has 0 saturated heterocycles. The molecular formula is C19H25NO3. The molecule has 0 radical (unpaired) electrons. The standard InChI is InChI=1S/C19H25NO3/c1-19(2,3)15-8-10-16(11-9-15)22-13-5-7-18(21)20-14-17-6-4-12-23-17/h4,6,8-12H,5,7,13-14H2,1-3H3,(H,20,21). The Morgan fingerprint density at radius 1 is 1.17 bits per heavy atom. The van der Waals surface area contributed by atoms with Gasteiger partial charge in [0.25, 0.3) is 0 Å². The van der Waals surface area contributed by atoms with Crippen LogP contribution in [0, 0.1) is 0 Å². The maximum Gasteiger partial charge on any atom is 0.220 e. The molecule has 4 heteroatoms. The van der Waals surface area contributed by atoms with Crippen molar-refractivity contribution in [2.45, 2.75) is 45.6 Å². The van der Waals surface area contributed by atoms with Crippen molar-refractivity contribution in [1.82, 2.24) is 5.32 Å². The molecule has 1 heterocycles. The summed E-state index contributed by atoms with van der Waals surface area (Å²) in [7, 11) is 0. The second-order valence-electron chi connectivity index (χ2n) is 6.58. The van der Waals surface area contributed by atoms with Gasteiger partial charge in [-0.05, 0) is 41.7 Å². The van der Waals surface area contributed by atoms with Crippen LogP contribution in [0.4, 0.5) is 0 Å². The van der Waals surface area contributed by atoms with Crippen molar-refractivity contribution in [3.63, 3.8) is 0 Å². The largest absolute Gasteiger partial charge is 0.494 e. The van der Waals surface area contributed by atoms with E-state index in [4.69, 9.17) is 9.15 Å². The van der Waals surface area contributed by atoms with Gasteiger partial charge in [-0.3, -0.25) is 4.79 Å². The Balaban J connectivity index is 1.64. The Labute approximate surface area is 137 Å². The predicted octanol–water partition coefficient (Wildman–Crippen LogP) is 4.05. The molecule has 23 heavy (non-hydrogen) atoms. The third-order valence-corrected chi connectivity index (χ3v) is 3.58. The summed E-state index contributed by atoms with van der Waals surface area (Å²) < 4.78 is 10.8. The quantitative estimate of drug-likeness (QED) is 0.784. The number of benzene rings is 1. The highest BCUT2D eigenvalue weighted by Crippen LogP contribution is 2.24. The van der Waals surface area contributed by atoms with Crippen molar-refractivity contribution in [3.8, 4) is 5.75 Å². The molecule has 0 spiro atoms. The van der Waals surface area contributed by atoms with Gasteiger partial charge in [-0.2, -0.15) is 0 Å². The predicted molar refractivity (Wildman–Crippen MR) is 90.4 cm³/mol. The number of rotatable bonds is 7. The summed E-state index contributed by atoms with van der Waals surface area (Å²) in [5.41, 5.74) is 1.42. The first kappa shape index (κ1) is 17.1. The lowest BCUT2D eigenvalue weighted by atomic mass is 9.87. The fourth-order valence-electron chi connectivity index (χ4n) is 2.16. The second-order valence-corrected chi connectivity index (χ2v) is 6.58. The van der Waals surface area contributed by atoms with E-state index in [1.807, 2.05) is 18.2 Å². The number of furan rings is 1. The summed E-state index contributed by atoms with van der Waals surface area (Å²) in [6.45, 7) is 7.52. The van der Waals surface area contributed by atoms with Gasteiger partial charge in [0.2, 0.25) is 5.91 Å². The van der Waals surface area contributed by atoms with Crippen molar-refractivity contribution in [2.75, 3.05) is 6.61 Å². The summed E-state index contributed by atoms with van der Waals surface area (Å²) in [5, 5.41) is 2.82. The second kappa shape index (κ2) is 7.86. The van der Waals surface area contributed by atoms with E-state index in [0.717, 1.165) is 11.5 Å². The number of amides is 1. The van der Waals surface area contributed by atoms with Gasteiger partial charge in [0.15, 0.2) is 0 Å². The lowest BCUT2D eigenvalue weighted by Gasteiger charge is -2.19. The number of nitrogens with one attached hydrogen (secondary N) is 1. The first-order valence-corrected chi connectivity index (χ1v) is 7.97. The maximum absolute atomic E-state index is 11.7. The maximum atomic E-state index is 11.7. The molecular weight excluding hydrogens is 290 g/mol. The van der Waals surface area contributed by atoms with Gasteiger partial charge in [0.1, 0.15) is 11.5 Å². The zero-order chi connectivity index (χ0) is 16.7. The van der Waals surface area contributed by atoms with E-state index in [0.29, 0.717) is 26.0 Å². The fraction of sp³-hybridized carbons (Fsp3) is 0.421. The van der Waals surface area contributed by atoms with Crippen molar-refractivity contribution in [1.29, 1.82) is 0 Å². The normalized spacial score (nSPS) is 11.3. The topological polar surface area (TPSA) is 51.5 Å². The Kier molecular flexibility index (Phi) is 5.85. The summed E-state index contributed by atoms with van der Waals surface area (Å²) in [6, 6.07) is 11.8. The highest BCUT2D eigenvalue weighted by molar-refractivity contribution is 5.75. The Morgan fingerprint density at radius 2 is 1.91 bits per heavy atom. The third-order valence-electron chi connectivity index (χ3n) is 3.58. The van der Waals surface area contributed by atoms with Crippen molar-refractivity contribution in [3.05, 3.63) is 54.0 Å². The van der Waals surface area contributed by atoms with E-state index in [9.17, 15) is 4.79 Å². The number of carbonyl (C=O) groups is 1. The fourth-order valence-corrected chi connectivity index (χ4v) is 2.16. The monoisotopic (exact) mass is 315 g/mol. The lowest BCUT2D eigenvalue weighted by Crippen LogP contribution is -2.22. The number of hydrogen-bond acceptors (Lipinski definition) is 3. The van der Waals surface area contributed by atoms with Crippen LogP contribution >= 0.6 is 0 Å². The van der Waals surface area contributed by atoms with Gasteiger partial charge in [0, 0.05) is 6.42 Å². The van der Waals surface area contributed by atoms with Crippen LogP contribution in [0.25, 0.3) is 0 Å². The summed E-state index contributed by atoms with van der Waals surface area (Å²) in [5.74, 6) is 1.61. The zero-order valence-corrected chi connectivity index (χ0v) is 14.1. The van der Waals surface area contributed by atoms with Crippen LogP contribution in [-0.2, 0) is 16.8 Å². The first-order chi connectivity index (χ1) is 10.9. The van der Waals surface area contributed by atoms with Gasteiger partial charge in [-0.15, -0.1) is 0 Å². The minimum atomic E-state index is 0.00748. The van der Waals surface area contributed by atoms with E-state index in [2.05, 4.69) is 38.2 Å². The molecule has 0 aliphatic heterocycles. The minimum Gasteiger partial charge on any atom is -0.494 e. The van der Waals surface area contributed by atoms with Crippen LogP contribution in [0.3, 0.4) is 0 Å². The van der Waals surface area contributed by atoms with E-state index in [1.165, 1.54) is 5.56 Å². The van der Waals surface area contributed by atoms with Crippen LogP contribution in [0.1, 0.15) is 44.9 Å². The molecule has 2 aromatic rings. The van der Waals surface area contributed by atoms with Crippen molar-refractivity contribution in [2.24, 2.45) is 0 Å². The van der Waals surface area contributed by atoms with Gasteiger partial charge in [-0.25, -0.2) is 0 Å². The first-order valence-electron chi connectivity index (χ1n) is 7.97. The molecule has 2 rings (SSSR count). The molecule has 0 fully saturated rings. The molecule has 4 nitrogen and oxygen atoms in total. The smallest absolute Gasteiger partial charge is 0.220 e. The molecule has 0 saturated carbocycles. The van der Waals surface area contributed by atoms with Crippen LogP contribution in [0.5, 0.6) is 5.75 Å². The van der Waals surface area contributed by atoms with Gasteiger partial charge < -0.3 is 14.5 Å². The molecule has 1 N–H and O–H groups in total. The van der Waals surface area contributed by atoms with Gasteiger partial charge in [0.05, 0.1) is 19.4 Å². The number of ether oxygens (including phenoxy) is 1. The Bertz CT molecular complexity index is 595. The lowest BCUT2D eigenvalue weighted by molar-refractivity contribution is -0.121. The molecule has 0 aliphatic carbocycles. The summed E-state index contributed by atoms with van der Waals surface area (Å²) in [4.78, 5) is 11.7. The summed E-state index contributed by atoms with van der Waals surface area (Å²) >= 11 is 0. The van der Waals surface area contributed by atoms with E-state index in [-0.39, 0.29) is 11.3 Å². The van der Waals surface area contributed by atoms with Gasteiger partial charge in [-0.1, -0.05) is 32.9 Å². The molecule has 0 atom stereocenters. The molecule has 1 aromatic carbocycles. The van der Waals surface area contributed by atoms with Gasteiger partial charge >= 0.3 is 0 Å². The molecule has 124 valence electrons. The highest BCUT2D eigenvalue weighted by Gasteiger charge is 2.12. The molecule has 0 bridgehead atoms. The SMILES string of the molecule is CC(C)(C)c1ccc(OCCCC(=O)NCc2ccco2)cc1. The van der Waals surface area contributed by atoms with E-state index >= 15 is 0 Å². The average Bonchev–Trinajstić information content (AvgIpc) is 3.02. The Hall–Kier alpha value is -2.23. The van der Waals surface area contributed by atoms with Crippen LogP contribution in [-0.4, -0.2) is 12.5 Å². The number of hydrogen-bond donors (Lipinski definition) is 1. The van der Waals surface area contributed by atoms with Crippen molar-refractivity contribution >= 4 is 5.91 Å². The minimum absolute atomic E-state index is 0.00748. The highest BCUT2D eigenvalue weighted by atomic mass is 16.5. The molecule has 1 amide bonds. The third kappa shape index (κ3) is 5.81. The van der Waals surface area contributed by atoms with Crippen LogP contribution < -0.4 is 10.1 Å². The number of carbonyl (C=O) groups excluding carboxylic acids is 1. The Morgan fingerprint density at radius 3 is 2.52 bits per heavy atom. The molecule has 1 aromatic heterocycles.